The van der Waals surface area contributed by atoms with Gasteiger partial charge >= 0.3 is 0 Å². The maximum atomic E-state index is 12.5. The molecule has 1 amide bonds. The van der Waals surface area contributed by atoms with Crippen LogP contribution in [0.3, 0.4) is 0 Å². The molecule has 0 atom stereocenters. The summed E-state index contributed by atoms with van der Waals surface area (Å²) in [4.78, 5) is 26.9. The van der Waals surface area contributed by atoms with Gasteiger partial charge < -0.3 is 10.2 Å². The highest BCUT2D eigenvalue weighted by Gasteiger charge is 2.30. The maximum Gasteiger partial charge on any atom is 0.293 e. The second-order valence-corrected chi connectivity index (χ2v) is 9.27. The van der Waals surface area contributed by atoms with Gasteiger partial charge in [0.1, 0.15) is 4.90 Å². The van der Waals surface area contributed by atoms with Crippen LogP contribution in [0.25, 0.3) is 0 Å². The number of rotatable bonds is 5. The summed E-state index contributed by atoms with van der Waals surface area (Å²) in [5, 5.41) is 9.57. The molecule has 12 heteroatoms. The van der Waals surface area contributed by atoms with Crippen LogP contribution in [-0.2, 0) is 9.84 Å². The van der Waals surface area contributed by atoms with Crippen LogP contribution in [0.2, 0.25) is 0 Å². The molecule has 2 aromatic heterocycles. The second kappa shape index (κ2) is 8.04. The Morgan fingerprint density at radius 2 is 2.07 bits per heavy atom. The number of carbonyl (C=O) groups excluding carboxylic acids is 1. The number of sulfone groups is 1. The molecule has 0 unspecified atom stereocenters. The minimum Gasteiger partial charge on any atom is -0.354 e. The molecule has 1 aliphatic heterocycles. The van der Waals surface area contributed by atoms with E-state index in [4.69, 9.17) is 0 Å². The number of aromatic nitrogens is 5. The fourth-order valence-corrected chi connectivity index (χ4v) is 4.23. The molecule has 0 aliphatic carbocycles. The first-order valence-corrected chi connectivity index (χ1v) is 11.4. The second-order valence-electron chi connectivity index (χ2n) is 6.26. The normalized spacial score (nSPS) is 15.7. The lowest BCUT2D eigenvalue weighted by Gasteiger charge is -2.31. The number of H-pyrrole nitrogens is 1. The third-order valence-electron chi connectivity index (χ3n) is 4.34. The van der Waals surface area contributed by atoms with Gasteiger partial charge in [-0.3, -0.25) is 9.89 Å². The Morgan fingerprint density at radius 3 is 2.63 bits per heavy atom. The van der Waals surface area contributed by atoms with Crippen molar-refractivity contribution in [2.24, 2.45) is 0 Å². The first-order valence-electron chi connectivity index (χ1n) is 8.47. The Bertz CT molecular complexity index is 939. The summed E-state index contributed by atoms with van der Waals surface area (Å²) in [5.74, 6) is 0.262. The molecular weight excluding hydrogens is 485 g/mol. The van der Waals surface area contributed by atoms with Crippen LogP contribution in [-0.4, -0.2) is 70.3 Å². The molecule has 146 valence electrons. The number of anilines is 1. The van der Waals surface area contributed by atoms with E-state index in [1.807, 2.05) is 29.5 Å². The van der Waals surface area contributed by atoms with Crippen LogP contribution in [0.1, 0.15) is 42.0 Å². The standard InChI is InChI=1S/C15H20IN7O3S/c1-3-17-15-18-8-10(27(2,25)26)11(19-15)9-4-6-23(7-5-9)13(24)12-20-14(16)22-21-12/h8-9H,3-7H2,1-2H3,(H,17,18,19)(H,20,21,22). The smallest absolute Gasteiger partial charge is 0.293 e. The van der Waals surface area contributed by atoms with Crippen LogP contribution in [0.5, 0.6) is 0 Å². The van der Waals surface area contributed by atoms with Crippen molar-refractivity contribution in [2.45, 2.75) is 30.6 Å². The molecule has 3 heterocycles. The largest absolute Gasteiger partial charge is 0.354 e. The van der Waals surface area contributed by atoms with Crippen LogP contribution in [0.15, 0.2) is 11.1 Å². The summed E-state index contributed by atoms with van der Waals surface area (Å²) in [6.45, 7) is 3.53. The predicted molar refractivity (Wildman–Crippen MR) is 106 cm³/mol. The van der Waals surface area contributed by atoms with E-state index in [2.05, 4.69) is 30.5 Å². The van der Waals surface area contributed by atoms with E-state index in [0.29, 0.717) is 47.9 Å². The average Bonchev–Trinajstić information content (AvgIpc) is 3.07. The van der Waals surface area contributed by atoms with E-state index in [1.165, 1.54) is 6.20 Å². The van der Waals surface area contributed by atoms with E-state index < -0.39 is 9.84 Å². The number of aromatic amines is 1. The molecule has 1 fully saturated rings. The summed E-state index contributed by atoms with van der Waals surface area (Å²) in [6, 6.07) is 0. The molecule has 0 bridgehead atoms. The SMILES string of the molecule is CCNc1ncc(S(C)(=O)=O)c(C2CCN(C(=O)c3n[nH]c(I)n3)CC2)n1. The van der Waals surface area contributed by atoms with Crippen molar-refractivity contribution in [3.8, 4) is 0 Å². The minimum atomic E-state index is -3.44. The number of halogens is 1. The van der Waals surface area contributed by atoms with Crippen LogP contribution in [0.4, 0.5) is 5.95 Å². The lowest BCUT2D eigenvalue weighted by atomic mass is 9.93. The van der Waals surface area contributed by atoms with E-state index in [1.54, 1.807) is 4.90 Å². The molecule has 27 heavy (non-hydrogen) atoms. The summed E-state index contributed by atoms with van der Waals surface area (Å²) >= 11 is 1.96. The zero-order valence-corrected chi connectivity index (χ0v) is 17.9. The van der Waals surface area contributed by atoms with Crippen molar-refractivity contribution < 1.29 is 13.2 Å². The van der Waals surface area contributed by atoms with E-state index >= 15 is 0 Å². The molecule has 0 spiro atoms. The van der Waals surface area contributed by atoms with Crippen LogP contribution in [0, 0.1) is 3.83 Å². The number of hydrogen-bond donors (Lipinski definition) is 2. The quantitative estimate of drug-likeness (QED) is 0.577. The van der Waals surface area contributed by atoms with Gasteiger partial charge in [0.15, 0.2) is 13.7 Å². The third kappa shape index (κ3) is 4.54. The highest BCUT2D eigenvalue weighted by Crippen LogP contribution is 2.31. The topological polar surface area (TPSA) is 134 Å². The zero-order chi connectivity index (χ0) is 19.6. The molecule has 2 aromatic rings. The lowest BCUT2D eigenvalue weighted by molar-refractivity contribution is 0.0699. The Labute approximate surface area is 170 Å². The van der Waals surface area contributed by atoms with Gasteiger partial charge in [-0.05, 0) is 19.8 Å². The van der Waals surface area contributed by atoms with Crippen molar-refractivity contribution in [1.29, 1.82) is 0 Å². The first kappa shape index (κ1) is 19.9. The van der Waals surface area contributed by atoms with Gasteiger partial charge in [-0.15, -0.1) is 5.10 Å². The van der Waals surface area contributed by atoms with Crippen molar-refractivity contribution >= 4 is 44.3 Å². The molecule has 3 rings (SSSR count). The highest BCUT2D eigenvalue weighted by atomic mass is 127. The number of piperidine rings is 1. The van der Waals surface area contributed by atoms with Crippen molar-refractivity contribution in [3.63, 3.8) is 0 Å². The number of nitrogens with one attached hydrogen (secondary N) is 2. The molecule has 1 saturated heterocycles. The molecule has 2 N–H and O–H groups in total. The number of hydrogen-bond acceptors (Lipinski definition) is 8. The Kier molecular flexibility index (Phi) is 5.93. The number of likely N-dealkylation sites (tertiary alicyclic amines) is 1. The molecular formula is C15H20IN7O3S. The zero-order valence-electron chi connectivity index (χ0n) is 14.9. The lowest BCUT2D eigenvalue weighted by Crippen LogP contribution is -2.38. The summed E-state index contributed by atoms with van der Waals surface area (Å²) in [5.41, 5.74) is 0.517. The van der Waals surface area contributed by atoms with Crippen molar-refractivity contribution in [1.82, 2.24) is 30.0 Å². The molecule has 0 aromatic carbocycles. The number of amides is 1. The fraction of sp³-hybridized carbons (Fsp3) is 0.533. The predicted octanol–water partition coefficient (Wildman–Crippen LogP) is 1.05. The van der Waals surface area contributed by atoms with Crippen LogP contribution < -0.4 is 5.32 Å². The molecule has 0 radical (unpaired) electrons. The monoisotopic (exact) mass is 505 g/mol. The Balaban J connectivity index is 1.79. The van der Waals surface area contributed by atoms with Gasteiger partial charge in [0.2, 0.25) is 11.8 Å². The first-order chi connectivity index (χ1) is 12.8. The van der Waals surface area contributed by atoms with E-state index in [0.717, 1.165) is 6.26 Å². The van der Waals surface area contributed by atoms with Gasteiger partial charge in [-0.1, -0.05) is 0 Å². The van der Waals surface area contributed by atoms with Gasteiger partial charge in [-0.25, -0.2) is 18.4 Å². The van der Waals surface area contributed by atoms with Gasteiger partial charge in [-0.2, -0.15) is 4.98 Å². The summed E-state index contributed by atoms with van der Waals surface area (Å²) < 4.78 is 24.8. The van der Waals surface area contributed by atoms with Gasteiger partial charge in [0.25, 0.3) is 5.91 Å². The van der Waals surface area contributed by atoms with E-state index in [-0.39, 0.29) is 22.5 Å². The number of nitrogens with zero attached hydrogens (tertiary/aromatic N) is 5. The number of carbonyl (C=O) groups is 1. The summed E-state index contributed by atoms with van der Waals surface area (Å²) in [7, 11) is -3.44. The van der Waals surface area contributed by atoms with Crippen molar-refractivity contribution in [3.05, 3.63) is 21.5 Å². The van der Waals surface area contributed by atoms with Gasteiger partial charge in [0.05, 0.1) is 11.9 Å². The van der Waals surface area contributed by atoms with E-state index in [9.17, 15) is 13.2 Å². The minimum absolute atomic E-state index is 0.0635. The third-order valence-corrected chi connectivity index (χ3v) is 5.93. The Morgan fingerprint density at radius 1 is 1.37 bits per heavy atom. The molecule has 0 saturated carbocycles. The van der Waals surface area contributed by atoms with Crippen LogP contribution >= 0.6 is 22.6 Å². The van der Waals surface area contributed by atoms with Gasteiger partial charge in [0, 0.05) is 54.4 Å². The average molecular weight is 505 g/mol. The molecule has 1 aliphatic rings. The van der Waals surface area contributed by atoms with Crippen molar-refractivity contribution in [2.75, 3.05) is 31.2 Å². The highest BCUT2D eigenvalue weighted by molar-refractivity contribution is 14.1. The summed E-state index contributed by atoms with van der Waals surface area (Å²) in [6.07, 6.45) is 3.74. The Hall–Kier alpha value is -1.83. The maximum absolute atomic E-state index is 12.5. The fourth-order valence-electron chi connectivity index (χ4n) is 3.04. The molecule has 10 nitrogen and oxygen atoms in total.